The predicted molar refractivity (Wildman–Crippen MR) is 110 cm³/mol. The van der Waals surface area contributed by atoms with Crippen LogP contribution in [0.15, 0.2) is 53.4 Å². The molecule has 2 rings (SSSR count). The minimum Gasteiger partial charge on any atom is -0.484 e. The smallest absolute Gasteiger partial charge is 0.258 e. The number of nitrogens with one attached hydrogen (secondary N) is 2. The number of halogens is 1. The summed E-state index contributed by atoms with van der Waals surface area (Å²) in [7, 11) is -3.52. The van der Waals surface area contributed by atoms with E-state index in [4.69, 9.17) is 16.3 Å². The molecule has 8 heteroatoms. The molecule has 28 heavy (non-hydrogen) atoms. The maximum absolute atomic E-state index is 12.1. The zero-order valence-corrected chi connectivity index (χ0v) is 17.5. The Bertz CT molecular complexity index is 868. The number of carbonyl (C=O) groups is 1. The van der Waals surface area contributed by atoms with E-state index in [1.807, 2.05) is 26.0 Å². The quantitative estimate of drug-likeness (QED) is 0.570. The largest absolute Gasteiger partial charge is 0.484 e. The summed E-state index contributed by atoms with van der Waals surface area (Å²) in [4.78, 5) is 12.2. The first-order valence-corrected chi connectivity index (χ1v) is 11.0. The molecule has 0 aliphatic heterocycles. The number of unbranched alkanes of at least 4 members (excludes halogenated alkanes) is 1. The molecule has 0 spiro atoms. The number of rotatable bonds is 10. The Hall–Kier alpha value is -2.09. The van der Waals surface area contributed by atoms with Crippen LogP contribution in [-0.2, 0) is 14.8 Å². The molecular formula is C20H25ClN2O4S. The van der Waals surface area contributed by atoms with E-state index in [1.165, 1.54) is 24.3 Å². The molecule has 0 aliphatic carbocycles. The molecule has 0 fully saturated rings. The van der Waals surface area contributed by atoms with E-state index in [2.05, 4.69) is 10.0 Å². The van der Waals surface area contributed by atoms with Crippen LogP contribution in [0.2, 0.25) is 5.02 Å². The minimum absolute atomic E-state index is 0.164. The number of ether oxygens (including phenoxy) is 1. The Balaban J connectivity index is 1.85. The van der Waals surface area contributed by atoms with Gasteiger partial charge in [0.1, 0.15) is 5.75 Å². The second kappa shape index (κ2) is 10.5. The third-order valence-electron chi connectivity index (χ3n) is 4.07. The predicted octanol–water partition coefficient (Wildman–Crippen LogP) is 3.67. The van der Waals surface area contributed by atoms with E-state index in [9.17, 15) is 13.2 Å². The molecule has 0 bridgehead atoms. The van der Waals surface area contributed by atoms with Crippen molar-refractivity contribution >= 4 is 27.5 Å². The van der Waals surface area contributed by atoms with E-state index in [0.29, 0.717) is 17.3 Å². The Morgan fingerprint density at radius 2 is 1.75 bits per heavy atom. The summed E-state index contributed by atoms with van der Waals surface area (Å²) in [6.45, 7) is 4.10. The van der Waals surface area contributed by atoms with Gasteiger partial charge in [0.15, 0.2) is 6.61 Å². The summed E-state index contributed by atoms with van der Waals surface area (Å²) in [5, 5.41) is 3.47. The van der Waals surface area contributed by atoms with Crippen molar-refractivity contribution in [2.45, 2.75) is 37.6 Å². The zero-order chi connectivity index (χ0) is 20.6. The highest BCUT2D eigenvalue weighted by molar-refractivity contribution is 7.89. The molecule has 152 valence electrons. The lowest BCUT2D eigenvalue weighted by Gasteiger charge is -2.15. The molecule has 0 radical (unpaired) electrons. The van der Waals surface area contributed by atoms with Gasteiger partial charge in [-0.1, -0.05) is 37.1 Å². The molecule has 6 nitrogen and oxygen atoms in total. The van der Waals surface area contributed by atoms with Crippen LogP contribution in [0.3, 0.4) is 0 Å². The highest BCUT2D eigenvalue weighted by atomic mass is 35.5. The molecular weight excluding hydrogens is 400 g/mol. The molecule has 0 heterocycles. The first kappa shape index (κ1) is 22.2. The second-order valence-corrected chi connectivity index (χ2v) is 8.56. The van der Waals surface area contributed by atoms with E-state index < -0.39 is 10.0 Å². The third kappa shape index (κ3) is 6.82. The van der Waals surface area contributed by atoms with Gasteiger partial charge in [0.2, 0.25) is 10.0 Å². The van der Waals surface area contributed by atoms with Crippen LogP contribution in [0.1, 0.15) is 38.3 Å². The molecule has 0 saturated heterocycles. The first-order chi connectivity index (χ1) is 13.3. The average Bonchev–Trinajstić information content (AvgIpc) is 2.67. The topological polar surface area (TPSA) is 84.5 Å². The van der Waals surface area contributed by atoms with Crippen molar-refractivity contribution in [2.75, 3.05) is 13.2 Å². The van der Waals surface area contributed by atoms with Crippen LogP contribution in [0.4, 0.5) is 0 Å². The van der Waals surface area contributed by atoms with E-state index >= 15 is 0 Å². The highest BCUT2D eigenvalue weighted by Gasteiger charge is 2.14. The number of hydrogen-bond acceptors (Lipinski definition) is 4. The summed E-state index contributed by atoms with van der Waals surface area (Å²) in [5.74, 6) is 0.141. The van der Waals surface area contributed by atoms with Crippen molar-refractivity contribution < 1.29 is 17.9 Å². The van der Waals surface area contributed by atoms with Gasteiger partial charge in [0, 0.05) is 11.6 Å². The molecule has 2 N–H and O–H groups in total. The molecule has 0 aromatic heterocycles. The number of benzene rings is 2. The lowest BCUT2D eigenvalue weighted by molar-refractivity contribution is -0.123. The van der Waals surface area contributed by atoms with Crippen LogP contribution < -0.4 is 14.8 Å². The summed E-state index contributed by atoms with van der Waals surface area (Å²) in [6, 6.07) is 13.0. The molecule has 0 unspecified atom stereocenters. The monoisotopic (exact) mass is 424 g/mol. The summed E-state index contributed by atoms with van der Waals surface area (Å²) >= 11 is 5.86. The normalized spacial score (nSPS) is 12.4. The van der Waals surface area contributed by atoms with Gasteiger partial charge in [-0.05, 0) is 55.3 Å². The maximum atomic E-state index is 12.1. The summed E-state index contributed by atoms with van der Waals surface area (Å²) in [5.41, 5.74) is 0.933. The first-order valence-electron chi connectivity index (χ1n) is 9.09. The van der Waals surface area contributed by atoms with Crippen molar-refractivity contribution in [1.29, 1.82) is 0 Å². The molecule has 2 aromatic rings. The van der Waals surface area contributed by atoms with Crippen molar-refractivity contribution in [2.24, 2.45) is 0 Å². The molecule has 0 aliphatic rings. The average molecular weight is 425 g/mol. The van der Waals surface area contributed by atoms with Crippen LogP contribution in [-0.4, -0.2) is 27.5 Å². The van der Waals surface area contributed by atoms with E-state index in [-0.39, 0.29) is 23.5 Å². The molecule has 1 atom stereocenters. The number of sulfonamides is 1. The Kier molecular flexibility index (Phi) is 8.29. The van der Waals surface area contributed by atoms with Crippen LogP contribution in [0.5, 0.6) is 5.75 Å². The van der Waals surface area contributed by atoms with Crippen LogP contribution in [0, 0.1) is 0 Å². The van der Waals surface area contributed by atoms with Gasteiger partial charge in [0.25, 0.3) is 5.91 Å². The van der Waals surface area contributed by atoms with Gasteiger partial charge in [-0.2, -0.15) is 0 Å². The minimum atomic E-state index is -3.52. The number of amides is 1. The van der Waals surface area contributed by atoms with Crippen molar-refractivity contribution in [3.8, 4) is 5.75 Å². The summed E-state index contributed by atoms with van der Waals surface area (Å²) in [6.07, 6.45) is 1.69. The van der Waals surface area contributed by atoms with E-state index in [0.717, 1.165) is 18.4 Å². The van der Waals surface area contributed by atoms with Crippen molar-refractivity contribution in [1.82, 2.24) is 10.0 Å². The van der Waals surface area contributed by atoms with Gasteiger partial charge in [0.05, 0.1) is 10.9 Å². The number of hydrogen-bond donors (Lipinski definition) is 2. The Labute approximate surface area is 171 Å². The highest BCUT2D eigenvalue weighted by Crippen LogP contribution is 2.17. The SMILES string of the molecule is CCCCNS(=O)(=O)c1ccc(OCC(=O)N[C@H](C)c2ccc(Cl)cc2)cc1. The lowest BCUT2D eigenvalue weighted by Crippen LogP contribution is -2.31. The van der Waals surface area contributed by atoms with Gasteiger partial charge >= 0.3 is 0 Å². The zero-order valence-electron chi connectivity index (χ0n) is 15.9. The molecule has 2 aromatic carbocycles. The van der Waals surface area contributed by atoms with Gasteiger partial charge in [-0.25, -0.2) is 13.1 Å². The Morgan fingerprint density at radius 3 is 2.36 bits per heavy atom. The fourth-order valence-corrected chi connectivity index (χ4v) is 3.65. The van der Waals surface area contributed by atoms with Crippen LogP contribution >= 0.6 is 11.6 Å². The van der Waals surface area contributed by atoms with Gasteiger partial charge in [-0.15, -0.1) is 0 Å². The van der Waals surface area contributed by atoms with Crippen LogP contribution in [0.25, 0.3) is 0 Å². The fraction of sp³-hybridized carbons (Fsp3) is 0.350. The van der Waals surface area contributed by atoms with E-state index in [1.54, 1.807) is 12.1 Å². The molecule has 0 saturated carbocycles. The third-order valence-corrected chi connectivity index (χ3v) is 5.80. The van der Waals surface area contributed by atoms with Gasteiger partial charge < -0.3 is 10.1 Å². The fourth-order valence-electron chi connectivity index (χ4n) is 2.45. The number of carbonyl (C=O) groups excluding carboxylic acids is 1. The maximum Gasteiger partial charge on any atom is 0.258 e. The van der Waals surface area contributed by atoms with Gasteiger partial charge in [-0.3, -0.25) is 4.79 Å². The Morgan fingerprint density at radius 1 is 1.11 bits per heavy atom. The summed E-state index contributed by atoms with van der Waals surface area (Å²) < 4.78 is 32.3. The standard InChI is InChI=1S/C20H25ClN2O4S/c1-3-4-13-22-28(25,26)19-11-9-18(10-12-19)27-14-20(24)23-15(2)16-5-7-17(21)8-6-16/h5-12,15,22H,3-4,13-14H2,1-2H3,(H,23,24)/t15-/m1/s1. The molecule has 1 amide bonds. The van der Waals surface area contributed by atoms with Crippen molar-refractivity contribution in [3.05, 3.63) is 59.1 Å². The second-order valence-electron chi connectivity index (χ2n) is 6.35. The lowest BCUT2D eigenvalue weighted by atomic mass is 10.1. The van der Waals surface area contributed by atoms with Crippen molar-refractivity contribution in [3.63, 3.8) is 0 Å².